The molecule has 0 spiro atoms. The summed E-state index contributed by atoms with van der Waals surface area (Å²) < 4.78 is 4.96. The average Bonchev–Trinajstić information content (AvgIpc) is 2.37. The SMILES string of the molecule is N=C(N)NOCCNC(=O)OCc1ccccc1. The van der Waals surface area contributed by atoms with Crippen LogP contribution in [0.15, 0.2) is 30.3 Å². The summed E-state index contributed by atoms with van der Waals surface area (Å²) >= 11 is 0. The van der Waals surface area contributed by atoms with Crippen LogP contribution in [0.5, 0.6) is 0 Å². The van der Waals surface area contributed by atoms with Crippen molar-refractivity contribution in [2.24, 2.45) is 5.73 Å². The molecular formula is C11H16N4O3. The van der Waals surface area contributed by atoms with E-state index in [9.17, 15) is 4.79 Å². The highest BCUT2D eigenvalue weighted by Crippen LogP contribution is 2.00. The maximum atomic E-state index is 11.2. The molecule has 0 unspecified atom stereocenters. The lowest BCUT2D eigenvalue weighted by molar-refractivity contribution is 0.0818. The Morgan fingerprint density at radius 3 is 2.72 bits per heavy atom. The summed E-state index contributed by atoms with van der Waals surface area (Å²) in [5.41, 5.74) is 8.05. The van der Waals surface area contributed by atoms with Crippen LogP contribution < -0.4 is 16.5 Å². The van der Waals surface area contributed by atoms with Crippen LogP contribution in [0.4, 0.5) is 4.79 Å². The van der Waals surface area contributed by atoms with Crippen LogP contribution in [0.2, 0.25) is 0 Å². The molecule has 1 aromatic rings. The molecule has 0 aliphatic heterocycles. The molecule has 0 fully saturated rings. The van der Waals surface area contributed by atoms with Crippen molar-refractivity contribution in [1.29, 1.82) is 5.41 Å². The van der Waals surface area contributed by atoms with Gasteiger partial charge in [-0.05, 0) is 5.56 Å². The Morgan fingerprint density at radius 2 is 2.06 bits per heavy atom. The minimum atomic E-state index is -0.523. The van der Waals surface area contributed by atoms with Crippen LogP contribution in [-0.4, -0.2) is 25.2 Å². The number of ether oxygens (including phenoxy) is 1. The maximum Gasteiger partial charge on any atom is 0.407 e. The van der Waals surface area contributed by atoms with Crippen molar-refractivity contribution in [3.05, 3.63) is 35.9 Å². The topological polar surface area (TPSA) is 109 Å². The standard InChI is InChI=1S/C11H16N4O3/c12-10(13)15-18-7-6-14-11(16)17-8-9-4-2-1-3-5-9/h1-5H,6-8H2,(H,14,16)(H4,12,13,15). The first-order valence-electron chi connectivity index (χ1n) is 5.35. The number of alkyl carbamates (subject to hydrolysis) is 1. The third-order valence-electron chi connectivity index (χ3n) is 1.87. The minimum Gasteiger partial charge on any atom is -0.445 e. The van der Waals surface area contributed by atoms with E-state index in [0.29, 0.717) is 0 Å². The van der Waals surface area contributed by atoms with Gasteiger partial charge in [0, 0.05) is 6.54 Å². The normalized spacial score (nSPS) is 9.56. The van der Waals surface area contributed by atoms with E-state index in [1.54, 1.807) is 0 Å². The quantitative estimate of drug-likeness (QED) is 0.252. The van der Waals surface area contributed by atoms with Gasteiger partial charge in [-0.15, -0.1) is 0 Å². The molecule has 1 amide bonds. The molecule has 7 nitrogen and oxygen atoms in total. The number of carbonyl (C=O) groups is 1. The van der Waals surface area contributed by atoms with Crippen LogP contribution >= 0.6 is 0 Å². The minimum absolute atomic E-state index is 0.181. The van der Waals surface area contributed by atoms with Crippen molar-refractivity contribution < 1.29 is 14.4 Å². The second-order valence-corrected chi connectivity index (χ2v) is 3.35. The smallest absolute Gasteiger partial charge is 0.407 e. The number of guanidine groups is 1. The number of nitrogens with one attached hydrogen (secondary N) is 3. The molecule has 0 radical (unpaired) electrons. The van der Waals surface area contributed by atoms with E-state index >= 15 is 0 Å². The van der Waals surface area contributed by atoms with Crippen molar-refractivity contribution >= 4 is 12.1 Å². The Labute approximate surface area is 105 Å². The Balaban J connectivity index is 2.06. The van der Waals surface area contributed by atoms with Crippen LogP contribution in [0.3, 0.4) is 0 Å². The van der Waals surface area contributed by atoms with Crippen LogP contribution in [0.1, 0.15) is 5.56 Å². The molecule has 0 atom stereocenters. The Bertz CT molecular complexity index is 383. The summed E-state index contributed by atoms with van der Waals surface area (Å²) in [7, 11) is 0. The zero-order chi connectivity index (χ0) is 13.2. The Kier molecular flexibility index (Phi) is 6.05. The molecule has 0 heterocycles. The first kappa shape index (κ1) is 13.8. The summed E-state index contributed by atoms with van der Waals surface area (Å²) in [6.45, 7) is 0.660. The zero-order valence-corrected chi connectivity index (χ0v) is 9.81. The summed E-state index contributed by atoms with van der Waals surface area (Å²) in [4.78, 5) is 16.0. The number of nitrogens with two attached hydrogens (primary N) is 1. The Hall–Kier alpha value is -2.28. The highest BCUT2D eigenvalue weighted by molar-refractivity contribution is 5.72. The number of hydroxylamine groups is 1. The number of hydrogen-bond donors (Lipinski definition) is 4. The number of amides is 1. The predicted octanol–water partition coefficient (Wildman–Crippen LogP) is 0.327. The summed E-state index contributed by atoms with van der Waals surface area (Å²) in [6, 6.07) is 9.37. The van der Waals surface area contributed by atoms with Crippen LogP contribution in [0, 0.1) is 5.41 Å². The molecule has 0 saturated heterocycles. The van der Waals surface area contributed by atoms with Gasteiger partial charge >= 0.3 is 6.09 Å². The second-order valence-electron chi connectivity index (χ2n) is 3.35. The van der Waals surface area contributed by atoms with E-state index in [2.05, 4.69) is 10.8 Å². The van der Waals surface area contributed by atoms with E-state index < -0.39 is 6.09 Å². The van der Waals surface area contributed by atoms with E-state index in [0.717, 1.165) is 5.56 Å². The largest absolute Gasteiger partial charge is 0.445 e. The number of carbonyl (C=O) groups excluding carboxylic acids is 1. The highest BCUT2D eigenvalue weighted by atomic mass is 16.6. The first-order valence-corrected chi connectivity index (χ1v) is 5.35. The van der Waals surface area contributed by atoms with Gasteiger partial charge in [-0.25, -0.2) is 10.3 Å². The van der Waals surface area contributed by atoms with Gasteiger partial charge in [0.15, 0.2) is 0 Å². The molecule has 0 bridgehead atoms. The fraction of sp³-hybridized carbons (Fsp3) is 0.273. The van der Waals surface area contributed by atoms with Gasteiger partial charge in [-0.3, -0.25) is 10.2 Å². The molecule has 0 aliphatic rings. The van der Waals surface area contributed by atoms with Crippen molar-refractivity contribution in [1.82, 2.24) is 10.8 Å². The van der Waals surface area contributed by atoms with E-state index in [-0.39, 0.29) is 25.7 Å². The summed E-state index contributed by atoms with van der Waals surface area (Å²) in [5, 5.41) is 9.29. The van der Waals surface area contributed by atoms with Crippen LogP contribution in [0.25, 0.3) is 0 Å². The summed E-state index contributed by atoms with van der Waals surface area (Å²) in [5.74, 6) is -0.290. The molecule has 0 aromatic heterocycles. The molecule has 1 aromatic carbocycles. The predicted molar refractivity (Wildman–Crippen MR) is 65.6 cm³/mol. The third kappa shape index (κ3) is 6.33. The van der Waals surface area contributed by atoms with Crippen molar-refractivity contribution in [3.63, 3.8) is 0 Å². The lowest BCUT2D eigenvalue weighted by atomic mass is 10.2. The second kappa shape index (κ2) is 7.91. The van der Waals surface area contributed by atoms with Gasteiger partial charge in [0.2, 0.25) is 5.96 Å². The zero-order valence-electron chi connectivity index (χ0n) is 9.81. The third-order valence-corrected chi connectivity index (χ3v) is 1.87. The van der Waals surface area contributed by atoms with Crippen LogP contribution in [-0.2, 0) is 16.2 Å². The maximum absolute atomic E-state index is 11.2. The van der Waals surface area contributed by atoms with Gasteiger partial charge in [-0.1, -0.05) is 30.3 Å². The van der Waals surface area contributed by atoms with E-state index in [1.165, 1.54) is 0 Å². The van der Waals surface area contributed by atoms with Gasteiger partial charge in [0.25, 0.3) is 0 Å². The molecule has 7 heteroatoms. The molecular weight excluding hydrogens is 236 g/mol. The molecule has 5 N–H and O–H groups in total. The molecule has 1 rings (SSSR count). The van der Waals surface area contributed by atoms with E-state index in [4.69, 9.17) is 20.7 Å². The molecule has 98 valence electrons. The van der Waals surface area contributed by atoms with Gasteiger partial charge in [-0.2, -0.15) is 0 Å². The van der Waals surface area contributed by atoms with Gasteiger partial charge < -0.3 is 15.8 Å². The van der Waals surface area contributed by atoms with Gasteiger partial charge in [0.1, 0.15) is 6.61 Å². The Morgan fingerprint density at radius 1 is 1.33 bits per heavy atom. The molecule has 18 heavy (non-hydrogen) atoms. The molecule has 0 saturated carbocycles. The molecule has 0 aliphatic carbocycles. The number of hydrogen-bond acceptors (Lipinski definition) is 4. The lowest BCUT2D eigenvalue weighted by Gasteiger charge is -2.07. The number of rotatable bonds is 6. The van der Waals surface area contributed by atoms with Crippen molar-refractivity contribution in [3.8, 4) is 0 Å². The lowest BCUT2D eigenvalue weighted by Crippen LogP contribution is -2.34. The summed E-state index contributed by atoms with van der Waals surface area (Å²) in [6.07, 6.45) is -0.523. The van der Waals surface area contributed by atoms with Crippen molar-refractivity contribution in [2.45, 2.75) is 6.61 Å². The fourth-order valence-electron chi connectivity index (χ4n) is 1.11. The highest BCUT2D eigenvalue weighted by Gasteiger charge is 2.01. The first-order chi connectivity index (χ1) is 8.68. The van der Waals surface area contributed by atoms with E-state index in [1.807, 2.05) is 30.3 Å². The monoisotopic (exact) mass is 252 g/mol. The van der Waals surface area contributed by atoms with Crippen molar-refractivity contribution in [2.75, 3.05) is 13.2 Å². The fourth-order valence-corrected chi connectivity index (χ4v) is 1.11. The van der Waals surface area contributed by atoms with Gasteiger partial charge in [0.05, 0.1) is 6.61 Å². The number of benzene rings is 1. The average molecular weight is 252 g/mol.